The van der Waals surface area contributed by atoms with E-state index in [-0.39, 0.29) is 5.91 Å². The standard InChI is InChI=1S/C22H26N6O2S/c1-3-9-23-19-16-14-25-28(20(16)27-22(26-19)31-12-4-2)11-10-24-21(29)18-13-15-7-5-6-8-17(15)30-18/h5-8,13-14H,3-4,9-12H2,1-2H3,(H,24,29)(H,23,26,27). The van der Waals surface area contributed by atoms with E-state index in [1.54, 1.807) is 24.0 Å². The second-order valence-corrected chi connectivity index (χ2v) is 8.20. The van der Waals surface area contributed by atoms with Gasteiger partial charge in [0.05, 0.1) is 18.1 Å². The number of thioether (sulfide) groups is 1. The lowest BCUT2D eigenvalue weighted by Crippen LogP contribution is -2.27. The van der Waals surface area contributed by atoms with Crippen molar-refractivity contribution in [2.45, 2.75) is 38.4 Å². The van der Waals surface area contributed by atoms with Crippen LogP contribution in [0.25, 0.3) is 22.0 Å². The molecule has 4 aromatic rings. The van der Waals surface area contributed by atoms with Gasteiger partial charge < -0.3 is 15.1 Å². The molecule has 9 heteroatoms. The molecular weight excluding hydrogens is 412 g/mol. The highest BCUT2D eigenvalue weighted by Crippen LogP contribution is 2.25. The SMILES string of the molecule is CCCNc1nc(SCCC)nc2c1cnn2CCNC(=O)c1cc2ccccc2o1. The number of nitrogens with zero attached hydrogens (tertiary/aromatic N) is 4. The molecular formula is C22H26N6O2S. The average Bonchev–Trinajstić information content (AvgIpc) is 3.40. The zero-order valence-corrected chi connectivity index (χ0v) is 18.5. The molecule has 4 rings (SSSR count). The van der Waals surface area contributed by atoms with E-state index in [0.29, 0.717) is 24.4 Å². The van der Waals surface area contributed by atoms with E-state index in [2.05, 4.69) is 34.6 Å². The molecule has 0 bridgehead atoms. The summed E-state index contributed by atoms with van der Waals surface area (Å²) in [5.41, 5.74) is 1.47. The lowest BCUT2D eigenvalue weighted by molar-refractivity contribution is 0.0926. The maximum atomic E-state index is 12.5. The minimum atomic E-state index is -0.244. The van der Waals surface area contributed by atoms with Gasteiger partial charge in [-0.2, -0.15) is 5.10 Å². The Morgan fingerprint density at radius 3 is 2.84 bits per heavy atom. The van der Waals surface area contributed by atoms with Gasteiger partial charge >= 0.3 is 0 Å². The predicted molar refractivity (Wildman–Crippen MR) is 124 cm³/mol. The number of rotatable bonds is 10. The van der Waals surface area contributed by atoms with Gasteiger partial charge in [-0.15, -0.1) is 0 Å². The van der Waals surface area contributed by atoms with Gasteiger partial charge in [0, 0.05) is 24.2 Å². The van der Waals surface area contributed by atoms with Crippen LogP contribution in [0.4, 0.5) is 5.82 Å². The zero-order chi connectivity index (χ0) is 21.6. The Kier molecular flexibility index (Phi) is 6.71. The molecule has 3 aromatic heterocycles. The predicted octanol–water partition coefficient (Wildman–Crippen LogP) is 4.33. The largest absolute Gasteiger partial charge is 0.451 e. The number of furan rings is 1. The second-order valence-electron chi connectivity index (χ2n) is 7.14. The fourth-order valence-electron chi connectivity index (χ4n) is 3.19. The van der Waals surface area contributed by atoms with Crippen molar-refractivity contribution in [2.24, 2.45) is 0 Å². The first-order valence-electron chi connectivity index (χ1n) is 10.6. The van der Waals surface area contributed by atoms with E-state index in [9.17, 15) is 4.79 Å². The number of benzene rings is 1. The van der Waals surface area contributed by atoms with Gasteiger partial charge in [-0.25, -0.2) is 14.6 Å². The maximum Gasteiger partial charge on any atom is 0.287 e. The Morgan fingerprint density at radius 2 is 2.03 bits per heavy atom. The fraction of sp³-hybridized carbons (Fsp3) is 0.364. The number of para-hydroxylation sites is 1. The van der Waals surface area contributed by atoms with E-state index < -0.39 is 0 Å². The second kappa shape index (κ2) is 9.82. The molecule has 0 aliphatic heterocycles. The van der Waals surface area contributed by atoms with Crippen LogP contribution in [-0.4, -0.2) is 44.5 Å². The fourth-order valence-corrected chi connectivity index (χ4v) is 3.88. The summed E-state index contributed by atoms with van der Waals surface area (Å²) in [7, 11) is 0. The molecule has 2 N–H and O–H groups in total. The number of hydrogen-bond acceptors (Lipinski definition) is 7. The Hall–Kier alpha value is -3.07. The van der Waals surface area contributed by atoms with Gasteiger partial charge in [-0.3, -0.25) is 4.79 Å². The Morgan fingerprint density at radius 1 is 1.16 bits per heavy atom. The highest BCUT2D eigenvalue weighted by atomic mass is 32.2. The quantitative estimate of drug-likeness (QED) is 0.281. The van der Waals surface area contributed by atoms with Crippen LogP contribution in [0.1, 0.15) is 37.2 Å². The van der Waals surface area contributed by atoms with Crippen LogP contribution in [0.2, 0.25) is 0 Å². The molecule has 0 aliphatic carbocycles. The van der Waals surface area contributed by atoms with Crippen LogP contribution in [0.15, 0.2) is 46.1 Å². The van der Waals surface area contributed by atoms with Gasteiger partial charge in [0.1, 0.15) is 11.4 Å². The van der Waals surface area contributed by atoms with Crippen LogP contribution in [0.5, 0.6) is 0 Å². The smallest absolute Gasteiger partial charge is 0.287 e. The van der Waals surface area contributed by atoms with Gasteiger partial charge in [-0.1, -0.05) is 43.8 Å². The summed E-state index contributed by atoms with van der Waals surface area (Å²) < 4.78 is 7.44. The van der Waals surface area contributed by atoms with Crippen molar-refractivity contribution in [3.8, 4) is 0 Å². The molecule has 1 amide bonds. The summed E-state index contributed by atoms with van der Waals surface area (Å²) >= 11 is 1.64. The average molecular weight is 439 g/mol. The van der Waals surface area contributed by atoms with E-state index in [1.807, 2.05) is 28.9 Å². The summed E-state index contributed by atoms with van der Waals surface area (Å²) in [4.78, 5) is 21.8. The normalized spacial score (nSPS) is 11.3. The van der Waals surface area contributed by atoms with Crippen LogP contribution >= 0.6 is 11.8 Å². The number of anilines is 1. The van der Waals surface area contributed by atoms with Crippen molar-refractivity contribution in [1.29, 1.82) is 0 Å². The molecule has 0 aliphatic rings. The first kappa shape index (κ1) is 21.2. The van der Waals surface area contributed by atoms with Crippen LogP contribution < -0.4 is 10.6 Å². The van der Waals surface area contributed by atoms with Crippen molar-refractivity contribution in [3.05, 3.63) is 42.3 Å². The van der Waals surface area contributed by atoms with E-state index in [4.69, 9.17) is 9.40 Å². The monoisotopic (exact) mass is 438 g/mol. The summed E-state index contributed by atoms with van der Waals surface area (Å²) in [6.45, 7) is 6.00. The molecule has 3 heterocycles. The third kappa shape index (κ3) is 4.82. The molecule has 0 fully saturated rings. The molecule has 0 radical (unpaired) electrons. The molecule has 162 valence electrons. The number of aromatic nitrogens is 4. The molecule has 8 nitrogen and oxygen atoms in total. The van der Waals surface area contributed by atoms with Crippen molar-refractivity contribution >= 4 is 45.5 Å². The Balaban J connectivity index is 1.47. The minimum absolute atomic E-state index is 0.244. The molecule has 31 heavy (non-hydrogen) atoms. The van der Waals surface area contributed by atoms with E-state index in [1.165, 1.54) is 0 Å². The number of amides is 1. The number of nitrogens with one attached hydrogen (secondary N) is 2. The summed E-state index contributed by atoms with van der Waals surface area (Å²) in [5.74, 6) is 1.83. The van der Waals surface area contributed by atoms with Crippen molar-refractivity contribution in [2.75, 3.05) is 24.2 Å². The van der Waals surface area contributed by atoms with Gasteiger partial charge in [0.2, 0.25) is 0 Å². The summed E-state index contributed by atoms with van der Waals surface area (Å²) in [5, 5.41) is 13.3. The Bertz CT molecular complexity index is 1150. The minimum Gasteiger partial charge on any atom is -0.451 e. The third-order valence-corrected chi connectivity index (χ3v) is 5.77. The lowest BCUT2D eigenvalue weighted by Gasteiger charge is -2.09. The Labute approximate surface area is 184 Å². The summed E-state index contributed by atoms with van der Waals surface area (Å²) in [6.07, 6.45) is 3.84. The van der Waals surface area contributed by atoms with Crippen LogP contribution in [0.3, 0.4) is 0 Å². The van der Waals surface area contributed by atoms with Gasteiger partial charge in [0.25, 0.3) is 5.91 Å². The van der Waals surface area contributed by atoms with Crippen LogP contribution in [-0.2, 0) is 6.54 Å². The number of carbonyl (C=O) groups is 1. The molecule has 0 atom stereocenters. The molecule has 0 saturated carbocycles. The highest BCUT2D eigenvalue weighted by Gasteiger charge is 2.15. The number of fused-ring (bicyclic) bond motifs is 2. The van der Waals surface area contributed by atoms with E-state index in [0.717, 1.165) is 52.5 Å². The summed E-state index contributed by atoms with van der Waals surface area (Å²) in [6, 6.07) is 9.32. The maximum absolute atomic E-state index is 12.5. The van der Waals surface area contributed by atoms with Crippen molar-refractivity contribution in [3.63, 3.8) is 0 Å². The van der Waals surface area contributed by atoms with Crippen molar-refractivity contribution in [1.82, 2.24) is 25.1 Å². The van der Waals surface area contributed by atoms with Gasteiger partial charge in [0.15, 0.2) is 16.6 Å². The molecule has 0 saturated heterocycles. The first-order valence-corrected chi connectivity index (χ1v) is 11.5. The molecule has 0 unspecified atom stereocenters. The van der Waals surface area contributed by atoms with Gasteiger partial charge in [-0.05, 0) is 25.0 Å². The number of hydrogen-bond donors (Lipinski definition) is 2. The third-order valence-electron chi connectivity index (χ3n) is 4.71. The topological polar surface area (TPSA) is 97.9 Å². The highest BCUT2D eigenvalue weighted by molar-refractivity contribution is 7.99. The molecule has 0 spiro atoms. The number of carbonyl (C=O) groups excluding carboxylic acids is 1. The molecule has 1 aromatic carbocycles. The van der Waals surface area contributed by atoms with E-state index >= 15 is 0 Å². The first-order chi connectivity index (χ1) is 15.2. The van der Waals surface area contributed by atoms with Crippen molar-refractivity contribution < 1.29 is 9.21 Å². The van der Waals surface area contributed by atoms with Crippen LogP contribution in [0, 0.1) is 0 Å². The lowest BCUT2D eigenvalue weighted by atomic mass is 10.2. The zero-order valence-electron chi connectivity index (χ0n) is 17.7.